The number of fused-ring (bicyclic) bond motifs is 1. The van der Waals surface area contributed by atoms with Gasteiger partial charge in [0.15, 0.2) is 0 Å². The number of amides is 2. The van der Waals surface area contributed by atoms with Gasteiger partial charge in [-0.25, -0.2) is 9.78 Å². The maximum Gasteiger partial charge on any atom is 0.365 e. The summed E-state index contributed by atoms with van der Waals surface area (Å²) in [5.74, 6) is -1.51. The van der Waals surface area contributed by atoms with Gasteiger partial charge in [-0.2, -0.15) is 5.10 Å². The second kappa shape index (κ2) is 7.85. The third-order valence-corrected chi connectivity index (χ3v) is 4.21. The Morgan fingerprint density at radius 2 is 1.79 bits per heavy atom. The van der Waals surface area contributed by atoms with Crippen molar-refractivity contribution in [1.29, 1.82) is 0 Å². The molecule has 1 saturated heterocycles. The van der Waals surface area contributed by atoms with Gasteiger partial charge in [0.2, 0.25) is 0 Å². The molecule has 0 aliphatic carbocycles. The van der Waals surface area contributed by atoms with Gasteiger partial charge in [0.25, 0.3) is 11.8 Å². The van der Waals surface area contributed by atoms with E-state index in [9.17, 15) is 14.4 Å². The number of nitrogens with one attached hydrogen (secondary N) is 1. The number of hydroxylamine groups is 2. The number of imide groups is 1. The second-order valence-electron chi connectivity index (χ2n) is 6.22. The number of carbonyl (C=O) groups excluding carboxylic acids is 3. The number of aromatic nitrogens is 2. The van der Waals surface area contributed by atoms with Gasteiger partial charge >= 0.3 is 5.97 Å². The van der Waals surface area contributed by atoms with E-state index in [-0.39, 0.29) is 18.4 Å². The number of rotatable bonds is 5. The van der Waals surface area contributed by atoms with E-state index >= 15 is 0 Å². The smallest absolute Gasteiger partial charge is 0.325 e. The summed E-state index contributed by atoms with van der Waals surface area (Å²) >= 11 is 0. The lowest BCUT2D eigenvalue weighted by atomic mass is 10.1. The van der Waals surface area contributed by atoms with Crippen molar-refractivity contribution < 1.29 is 19.2 Å². The molecule has 1 N–H and O–H groups in total. The van der Waals surface area contributed by atoms with E-state index in [0.717, 1.165) is 10.8 Å². The molecule has 0 atom stereocenters. The first kappa shape index (κ1) is 18.2. The van der Waals surface area contributed by atoms with Crippen molar-refractivity contribution in [2.24, 2.45) is 5.10 Å². The van der Waals surface area contributed by atoms with Gasteiger partial charge in [-0.3, -0.25) is 20.0 Å². The van der Waals surface area contributed by atoms with Crippen molar-refractivity contribution in [1.82, 2.24) is 15.0 Å². The molecule has 0 saturated carbocycles. The number of hydrogen-bond donors (Lipinski definition) is 1. The van der Waals surface area contributed by atoms with Crippen LogP contribution in [0.4, 0.5) is 5.82 Å². The molecule has 1 aromatic carbocycles. The number of benzene rings is 1. The monoisotopic (exact) mass is 389 g/mol. The first-order valence-electron chi connectivity index (χ1n) is 8.78. The Kier molecular flexibility index (Phi) is 4.93. The Morgan fingerprint density at radius 3 is 2.52 bits per heavy atom. The van der Waals surface area contributed by atoms with Crippen LogP contribution >= 0.6 is 0 Å². The van der Waals surface area contributed by atoms with Crippen LogP contribution in [-0.2, 0) is 14.4 Å². The Hall–Kier alpha value is -4.14. The van der Waals surface area contributed by atoms with Crippen LogP contribution < -0.4 is 5.43 Å². The van der Waals surface area contributed by atoms with Gasteiger partial charge in [0.1, 0.15) is 5.82 Å². The molecule has 4 rings (SSSR count). The van der Waals surface area contributed by atoms with E-state index < -0.39 is 17.8 Å². The molecule has 1 fully saturated rings. The van der Waals surface area contributed by atoms with Gasteiger partial charge in [-0.1, -0.05) is 24.3 Å². The Bertz CT molecular complexity index is 1110. The Labute approximate surface area is 165 Å². The zero-order valence-corrected chi connectivity index (χ0v) is 15.1. The Morgan fingerprint density at radius 1 is 1.03 bits per heavy atom. The highest BCUT2D eigenvalue weighted by Gasteiger charge is 2.33. The number of pyridine rings is 2. The van der Waals surface area contributed by atoms with Crippen LogP contribution in [0, 0.1) is 0 Å². The maximum atomic E-state index is 12.0. The topological polar surface area (TPSA) is 114 Å². The maximum absolute atomic E-state index is 12.0. The lowest BCUT2D eigenvalue weighted by Crippen LogP contribution is -2.32. The molecule has 144 valence electrons. The number of hydrogen-bond acceptors (Lipinski definition) is 8. The lowest BCUT2D eigenvalue weighted by Gasteiger charge is -2.12. The summed E-state index contributed by atoms with van der Waals surface area (Å²) < 4.78 is 0. The molecule has 0 bridgehead atoms. The fourth-order valence-corrected chi connectivity index (χ4v) is 2.71. The third kappa shape index (κ3) is 4.08. The average Bonchev–Trinajstić information content (AvgIpc) is 3.06. The zero-order chi connectivity index (χ0) is 20.2. The standard InChI is InChI=1S/C20H15N5O4/c26-18-7-8-19(27)25(18)29-20(28)15-5-6-17(22-11-15)24-23-12-16-9-13-3-1-2-4-14(13)10-21-16/h1-6,9-12H,7-8H2,(H,22,24)/b23-12+. The van der Waals surface area contributed by atoms with Crippen molar-refractivity contribution in [2.45, 2.75) is 12.8 Å². The van der Waals surface area contributed by atoms with Gasteiger partial charge in [0, 0.05) is 30.6 Å². The minimum atomic E-state index is -0.837. The number of nitrogens with zero attached hydrogens (tertiary/aromatic N) is 4. The second-order valence-corrected chi connectivity index (χ2v) is 6.22. The molecular weight excluding hydrogens is 374 g/mol. The number of anilines is 1. The largest absolute Gasteiger partial charge is 0.365 e. The van der Waals surface area contributed by atoms with Crippen LogP contribution in [-0.4, -0.2) is 39.0 Å². The molecule has 3 heterocycles. The molecular formula is C20H15N5O4. The molecule has 9 nitrogen and oxygen atoms in total. The van der Waals surface area contributed by atoms with Crippen LogP contribution in [0.15, 0.2) is 60.0 Å². The minimum Gasteiger partial charge on any atom is -0.325 e. The van der Waals surface area contributed by atoms with Crippen molar-refractivity contribution >= 4 is 40.6 Å². The SMILES string of the molecule is O=C(ON1C(=O)CCC1=O)c1ccc(N/N=C/c2cc3ccccc3cn2)nc1. The van der Waals surface area contributed by atoms with Crippen LogP contribution in [0.1, 0.15) is 28.9 Å². The number of hydrazone groups is 1. The predicted molar refractivity (Wildman–Crippen MR) is 104 cm³/mol. The summed E-state index contributed by atoms with van der Waals surface area (Å²) in [6, 6.07) is 12.8. The van der Waals surface area contributed by atoms with E-state index in [1.165, 1.54) is 18.3 Å². The van der Waals surface area contributed by atoms with E-state index in [1.54, 1.807) is 12.4 Å². The van der Waals surface area contributed by atoms with Crippen molar-refractivity contribution in [2.75, 3.05) is 5.43 Å². The van der Waals surface area contributed by atoms with Crippen molar-refractivity contribution in [3.63, 3.8) is 0 Å². The molecule has 2 aromatic heterocycles. The van der Waals surface area contributed by atoms with Crippen LogP contribution in [0.25, 0.3) is 10.8 Å². The highest BCUT2D eigenvalue weighted by atomic mass is 16.7. The Balaban J connectivity index is 1.37. The van der Waals surface area contributed by atoms with Crippen LogP contribution in [0.5, 0.6) is 0 Å². The highest BCUT2D eigenvalue weighted by molar-refractivity contribution is 6.02. The highest BCUT2D eigenvalue weighted by Crippen LogP contribution is 2.15. The molecule has 1 aliphatic heterocycles. The first-order valence-corrected chi connectivity index (χ1v) is 8.78. The van der Waals surface area contributed by atoms with Gasteiger partial charge < -0.3 is 4.84 Å². The van der Waals surface area contributed by atoms with E-state index in [1.807, 2.05) is 30.3 Å². The van der Waals surface area contributed by atoms with Crippen molar-refractivity contribution in [3.05, 3.63) is 66.1 Å². The zero-order valence-electron chi connectivity index (χ0n) is 15.1. The summed E-state index contributed by atoms with van der Waals surface area (Å²) in [7, 11) is 0. The molecule has 2 amide bonds. The van der Waals surface area contributed by atoms with Gasteiger partial charge in [0.05, 0.1) is 17.5 Å². The predicted octanol–water partition coefficient (Wildman–Crippen LogP) is 2.30. The molecule has 1 aliphatic rings. The quantitative estimate of drug-likeness (QED) is 0.404. The summed E-state index contributed by atoms with van der Waals surface area (Å²) in [4.78, 5) is 48.2. The molecule has 0 radical (unpaired) electrons. The molecule has 0 spiro atoms. The van der Waals surface area contributed by atoms with Crippen LogP contribution in [0.2, 0.25) is 0 Å². The normalized spacial score (nSPS) is 14.0. The van der Waals surface area contributed by atoms with E-state index in [0.29, 0.717) is 16.6 Å². The minimum absolute atomic E-state index is 0.0390. The fraction of sp³-hybridized carbons (Fsp3) is 0.100. The van der Waals surface area contributed by atoms with Gasteiger partial charge in [-0.15, -0.1) is 5.06 Å². The summed E-state index contributed by atoms with van der Waals surface area (Å²) in [5.41, 5.74) is 3.52. The molecule has 9 heteroatoms. The van der Waals surface area contributed by atoms with E-state index in [4.69, 9.17) is 4.84 Å². The van der Waals surface area contributed by atoms with Crippen LogP contribution in [0.3, 0.4) is 0 Å². The summed E-state index contributed by atoms with van der Waals surface area (Å²) in [5, 5.41) is 6.67. The first-order chi connectivity index (χ1) is 14.1. The molecule has 29 heavy (non-hydrogen) atoms. The summed E-state index contributed by atoms with van der Waals surface area (Å²) in [6.45, 7) is 0. The fourth-order valence-electron chi connectivity index (χ4n) is 2.71. The number of carbonyl (C=O) groups is 3. The van der Waals surface area contributed by atoms with Crippen molar-refractivity contribution in [3.8, 4) is 0 Å². The van der Waals surface area contributed by atoms with E-state index in [2.05, 4.69) is 20.5 Å². The molecule has 0 unspecified atom stereocenters. The lowest BCUT2D eigenvalue weighted by molar-refractivity contribution is -0.172. The average molecular weight is 389 g/mol. The summed E-state index contributed by atoms with van der Waals surface area (Å²) in [6.07, 6.45) is 4.67. The third-order valence-electron chi connectivity index (χ3n) is 4.21. The van der Waals surface area contributed by atoms with Gasteiger partial charge in [-0.05, 0) is 23.6 Å². The molecule has 3 aromatic rings.